The van der Waals surface area contributed by atoms with Crippen molar-refractivity contribution < 1.29 is 20.4 Å². The van der Waals surface area contributed by atoms with Gasteiger partial charge in [0.1, 0.15) is 0 Å². The molecule has 0 aliphatic heterocycles. The topological polar surface area (TPSA) is 0 Å². The van der Waals surface area contributed by atoms with Crippen molar-refractivity contribution in [1.29, 1.82) is 0 Å². The van der Waals surface area contributed by atoms with E-state index in [1.165, 1.54) is 36.9 Å². The Morgan fingerprint density at radius 2 is 1.80 bits per heavy atom. The van der Waals surface area contributed by atoms with Gasteiger partial charge in [-0.1, -0.05) is 0 Å². The zero-order valence-electron chi connectivity index (χ0n) is 8.89. The van der Waals surface area contributed by atoms with E-state index >= 15 is 0 Å². The third-order valence-corrected chi connectivity index (χ3v) is 4.28. The molecule has 0 saturated carbocycles. The van der Waals surface area contributed by atoms with E-state index < -0.39 is 0 Å². The first kappa shape index (κ1) is 9.39. The summed E-state index contributed by atoms with van der Waals surface area (Å²) >= 11 is 2.23. The van der Waals surface area contributed by atoms with Gasteiger partial charge in [-0.15, -0.1) is 0 Å². The van der Waals surface area contributed by atoms with Crippen LogP contribution in [-0.4, -0.2) is 0 Å². The Morgan fingerprint density at radius 1 is 1.00 bits per heavy atom. The van der Waals surface area contributed by atoms with Crippen LogP contribution >= 0.6 is 0 Å². The molecule has 0 bridgehead atoms. The van der Waals surface area contributed by atoms with Crippen molar-refractivity contribution in [2.24, 2.45) is 0 Å². The molecule has 0 fully saturated rings. The van der Waals surface area contributed by atoms with Crippen LogP contribution in [0.25, 0.3) is 20.2 Å². The van der Waals surface area contributed by atoms with E-state index in [-0.39, 0.29) is 0 Å². The van der Waals surface area contributed by atoms with Crippen LogP contribution in [0.4, 0.5) is 0 Å². The van der Waals surface area contributed by atoms with Crippen molar-refractivity contribution in [3.63, 3.8) is 0 Å². The molecule has 1 aliphatic rings. The Bertz CT molecular complexity index is 606. The minimum atomic E-state index is 1.37. The van der Waals surface area contributed by atoms with Crippen LogP contribution < -0.4 is 0 Å². The molecule has 0 amide bonds. The van der Waals surface area contributed by atoms with E-state index in [1.54, 1.807) is 0 Å². The Kier molecular flexibility index (Phi) is 1.92. The zero-order valence-corrected chi connectivity index (χ0v) is 10.4. The van der Waals surface area contributed by atoms with Gasteiger partial charge >= 0.3 is 102 Å². The fraction of sp³-hybridized carbons (Fsp3) is 0.143. The summed E-state index contributed by atoms with van der Waals surface area (Å²) in [5.41, 5.74) is 5.72. The van der Waals surface area contributed by atoms with Gasteiger partial charge in [-0.25, -0.2) is 0 Å². The Hall–Kier alpha value is -0.846. The number of hydrogen-bond acceptors (Lipinski definition) is 0. The monoisotopic (exact) mass is 227 g/mol. The molecule has 0 unspecified atom stereocenters. The van der Waals surface area contributed by atoms with Crippen molar-refractivity contribution >= 4 is 20.2 Å². The standard InChI is InChI=1S/C14H11.Ti/c1-9-6-7-11-4-3-5-12-8-10(2)13(9)14(11)12;/h3-7H,1-2H3;. The van der Waals surface area contributed by atoms with Gasteiger partial charge in [0.2, 0.25) is 0 Å². The number of benzene rings is 2. The SMILES string of the molecule is CC1=[C]([Ti])c2cccc3ccc(C)c1c23. The van der Waals surface area contributed by atoms with Gasteiger partial charge in [0.15, 0.2) is 0 Å². The summed E-state index contributed by atoms with van der Waals surface area (Å²) in [4.78, 5) is 0. The molecule has 0 saturated heterocycles. The van der Waals surface area contributed by atoms with Crippen molar-refractivity contribution in [2.45, 2.75) is 13.8 Å². The summed E-state index contributed by atoms with van der Waals surface area (Å²) in [6.07, 6.45) is 0. The fourth-order valence-corrected chi connectivity index (χ4v) is 3.02. The van der Waals surface area contributed by atoms with Gasteiger partial charge in [-0.2, -0.15) is 0 Å². The first-order chi connectivity index (χ1) is 7.20. The molecule has 15 heavy (non-hydrogen) atoms. The normalized spacial score (nSPS) is 13.9. The quantitative estimate of drug-likeness (QED) is 0.599. The van der Waals surface area contributed by atoms with E-state index in [9.17, 15) is 0 Å². The molecule has 0 atom stereocenters. The molecule has 0 heterocycles. The predicted octanol–water partition coefficient (Wildman–Crippen LogP) is 3.90. The van der Waals surface area contributed by atoms with Crippen molar-refractivity contribution in [3.05, 3.63) is 47.0 Å². The van der Waals surface area contributed by atoms with Crippen LogP contribution in [0.1, 0.15) is 23.6 Å². The summed E-state index contributed by atoms with van der Waals surface area (Å²) in [6, 6.07) is 11.0. The van der Waals surface area contributed by atoms with Crippen molar-refractivity contribution in [3.8, 4) is 0 Å². The maximum atomic E-state index is 2.23. The second kappa shape index (κ2) is 3.07. The van der Waals surface area contributed by atoms with Crippen LogP contribution in [0.2, 0.25) is 0 Å². The van der Waals surface area contributed by atoms with E-state index in [0.29, 0.717) is 0 Å². The van der Waals surface area contributed by atoms with Gasteiger partial charge < -0.3 is 0 Å². The van der Waals surface area contributed by atoms with Crippen molar-refractivity contribution in [1.82, 2.24) is 0 Å². The molecule has 0 N–H and O–H groups in total. The molecule has 1 aliphatic carbocycles. The van der Waals surface area contributed by atoms with Crippen LogP contribution in [0.3, 0.4) is 0 Å². The first-order valence-corrected chi connectivity index (χ1v) is 5.94. The molecule has 3 rings (SSSR count). The van der Waals surface area contributed by atoms with Crippen LogP contribution in [-0.2, 0) is 20.4 Å². The molecule has 1 heteroatoms. The van der Waals surface area contributed by atoms with Gasteiger partial charge in [0, 0.05) is 0 Å². The maximum absolute atomic E-state index is 2.23. The first-order valence-electron chi connectivity index (χ1n) is 5.15. The fourth-order valence-electron chi connectivity index (χ4n) is 2.50. The van der Waals surface area contributed by atoms with E-state index in [0.717, 1.165) is 0 Å². The van der Waals surface area contributed by atoms with Gasteiger partial charge in [0.05, 0.1) is 0 Å². The summed E-state index contributed by atoms with van der Waals surface area (Å²) < 4.78 is 1.44. The van der Waals surface area contributed by atoms with Gasteiger partial charge in [-0.3, -0.25) is 0 Å². The molecule has 0 radical (unpaired) electrons. The summed E-state index contributed by atoms with van der Waals surface area (Å²) in [7, 11) is 0. The molecular formula is C14H11Ti. The molecule has 0 nitrogen and oxygen atoms in total. The second-order valence-corrected chi connectivity index (χ2v) is 4.94. The van der Waals surface area contributed by atoms with E-state index in [4.69, 9.17) is 0 Å². The van der Waals surface area contributed by atoms with Crippen LogP contribution in [0.15, 0.2) is 30.3 Å². The molecule has 71 valence electrons. The predicted molar refractivity (Wildman–Crippen MR) is 61.2 cm³/mol. The average molecular weight is 227 g/mol. The Morgan fingerprint density at radius 3 is 2.60 bits per heavy atom. The zero-order chi connectivity index (χ0) is 10.6. The molecule has 2 aromatic rings. The van der Waals surface area contributed by atoms with E-state index in [2.05, 4.69) is 64.6 Å². The second-order valence-electron chi connectivity index (χ2n) is 4.16. The molecule has 0 aromatic heterocycles. The number of hydrogen-bond donors (Lipinski definition) is 0. The van der Waals surface area contributed by atoms with Gasteiger partial charge in [-0.05, 0) is 0 Å². The van der Waals surface area contributed by atoms with Crippen LogP contribution in [0.5, 0.6) is 0 Å². The Balaban J connectivity index is 2.61. The molecule has 0 spiro atoms. The molecule has 2 aromatic carbocycles. The number of allylic oxidation sites excluding steroid dienone is 1. The summed E-state index contributed by atoms with van der Waals surface area (Å²) in [5, 5.41) is 2.82. The minimum absolute atomic E-state index is 1.37. The van der Waals surface area contributed by atoms with Crippen LogP contribution in [0, 0.1) is 6.92 Å². The third kappa shape index (κ3) is 1.12. The van der Waals surface area contributed by atoms with Crippen molar-refractivity contribution in [2.75, 3.05) is 0 Å². The van der Waals surface area contributed by atoms with Gasteiger partial charge in [0.25, 0.3) is 0 Å². The number of rotatable bonds is 0. The van der Waals surface area contributed by atoms with E-state index in [1.807, 2.05) is 0 Å². The molecular weight excluding hydrogens is 216 g/mol. The summed E-state index contributed by atoms with van der Waals surface area (Å²) in [5.74, 6) is 0. The number of aryl methyl sites for hydroxylation is 1. The Labute approximate surface area is 101 Å². The average Bonchev–Trinajstić information content (AvgIpc) is 2.50. The summed E-state index contributed by atoms with van der Waals surface area (Å²) in [6.45, 7) is 4.44. The third-order valence-electron chi connectivity index (χ3n) is 3.27.